The van der Waals surface area contributed by atoms with Crippen LogP contribution in [0.2, 0.25) is 0 Å². The van der Waals surface area contributed by atoms with Crippen LogP contribution >= 0.6 is 0 Å². The van der Waals surface area contributed by atoms with Gasteiger partial charge in [0.05, 0.1) is 6.61 Å². The molecule has 0 aromatic rings. The van der Waals surface area contributed by atoms with Crippen LogP contribution in [0.3, 0.4) is 0 Å². The monoisotopic (exact) mass is 786 g/mol. The van der Waals surface area contributed by atoms with Gasteiger partial charge in [-0.25, -0.2) is 0 Å². The summed E-state index contributed by atoms with van der Waals surface area (Å²) in [5.41, 5.74) is 0. The number of hydrogen-bond acceptors (Lipinski definition) is 11. The summed E-state index contributed by atoms with van der Waals surface area (Å²) < 4.78 is 53.8. The molecule has 1 saturated heterocycles. The molecule has 6 atom stereocenters. The first kappa shape index (κ1) is 49.6. The van der Waals surface area contributed by atoms with Crippen LogP contribution in [0.15, 0.2) is 48.6 Å². The number of rotatable bonds is 32. The lowest BCUT2D eigenvalue weighted by atomic mass is 10.00. The molecular formula is C41H70O12S. The molecule has 0 amide bonds. The number of hydrogen-bond donors (Lipinski definition) is 4. The number of aliphatic hydroxyl groups is 3. The van der Waals surface area contributed by atoms with Crippen LogP contribution in [-0.4, -0.2) is 96.0 Å². The molecule has 3 unspecified atom stereocenters. The van der Waals surface area contributed by atoms with E-state index in [4.69, 9.17) is 18.9 Å². The van der Waals surface area contributed by atoms with Crippen molar-refractivity contribution in [3.63, 3.8) is 0 Å². The third-order valence-electron chi connectivity index (χ3n) is 8.95. The molecule has 12 nitrogen and oxygen atoms in total. The van der Waals surface area contributed by atoms with Crippen LogP contribution in [0.25, 0.3) is 0 Å². The molecule has 54 heavy (non-hydrogen) atoms. The van der Waals surface area contributed by atoms with E-state index in [1.54, 1.807) is 0 Å². The van der Waals surface area contributed by atoms with Gasteiger partial charge in [0.15, 0.2) is 12.4 Å². The Bertz CT molecular complexity index is 1200. The fourth-order valence-corrected chi connectivity index (χ4v) is 6.48. The summed E-state index contributed by atoms with van der Waals surface area (Å²) in [4.78, 5) is 25.3. The third kappa shape index (κ3) is 26.4. The van der Waals surface area contributed by atoms with Crippen LogP contribution in [0, 0.1) is 0 Å². The third-order valence-corrected chi connectivity index (χ3v) is 9.70. The van der Waals surface area contributed by atoms with Crippen LogP contribution in [0.1, 0.15) is 142 Å². The number of carbonyl (C=O) groups is 2. The van der Waals surface area contributed by atoms with E-state index in [1.807, 2.05) is 24.3 Å². The van der Waals surface area contributed by atoms with Gasteiger partial charge in [0, 0.05) is 12.8 Å². The van der Waals surface area contributed by atoms with Gasteiger partial charge in [0.2, 0.25) is 0 Å². The predicted molar refractivity (Wildman–Crippen MR) is 210 cm³/mol. The van der Waals surface area contributed by atoms with Gasteiger partial charge in [-0.3, -0.25) is 14.1 Å². The number of aliphatic hydroxyl groups excluding tert-OH is 3. The molecule has 13 heteroatoms. The number of esters is 2. The molecule has 1 rings (SSSR count). The van der Waals surface area contributed by atoms with Crippen molar-refractivity contribution in [2.75, 3.05) is 19.0 Å². The van der Waals surface area contributed by atoms with E-state index in [0.29, 0.717) is 12.8 Å². The minimum absolute atomic E-state index is 0.137. The van der Waals surface area contributed by atoms with Crippen molar-refractivity contribution >= 4 is 22.1 Å². The molecule has 1 fully saturated rings. The molecule has 0 aromatic carbocycles. The molecular weight excluding hydrogens is 717 g/mol. The zero-order valence-corrected chi connectivity index (χ0v) is 33.6. The molecule has 4 N–H and O–H groups in total. The summed E-state index contributed by atoms with van der Waals surface area (Å²) in [6, 6.07) is 0. The first-order valence-electron chi connectivity index (χ1n) is 20.2. The van der Waals surface area contributed by atoms with Crippen LogP contribution in [0.5, 0.6) is 0 Å². The van der Waals surface area contributed by atoms with Gasteiger partial charge >= 0.3 is 11.9 Å². The largest absolute Gasteiger partial charge is 0.462 e. The summed E-state index contributed by atoms with van der Waals surface area (Å²) in [6.07, 6.45) is 26.0. The first-order chi connectivity index (χ1) is 26.0. The van der Waals surface area contributed by atoms with Crippen molar-refractivity contribution in [3.8, 4) is 0 Å². The second-order valence-corrected chi connectivity index (χ2v) is 15.5. The summed E-state index contributed by atoms with van der Waals surface area (Å²) >= 11 is 0. The lowest BCUT2D eigenvalue weighted by Gasteiger charge is -2.40. The highest BCUT2D eigenvalue weighted by Gasteiger charge is 2.46. The summed E-state index contributed by atoms with van der Waals surface area (Å²) in [7, 11) is -4.60. The Balaban J connectivity index is 2.54. The highest BCUT2D eigenvalue weighted by atomic mass is 32.2. The Hall–Kier alpha value is -2.39. The van der Waals surface area contributed by atoms with Crippen LogP contribution < -0.4 is 0 Å². The number of ether oxygens (including phenoxy) is 4. The second kappa shape index (κ2) is 31.8. The Morgan fingerprint density at radius 3 is 1.80 bits per heavy atom. The Morgan fingerprint density at radius 1 is 0.648 bits per heavy atom. The minimum Gasteiger partial charge on any atom is -0.462 e. The highest BCUT2D eigenvalue weighted by Crippen LogP contribution is 2.24. The molecule has 0 aromatic heterocycles. The number of carbonyl (C=O) groups excluding carboxylic acids is 2. The molecule has 0 bridgehead atoms. The smallest absolute Gasteiger partial charge is 0.306 e. The zero-order valence-electron chi connectivity index (χ0n) is 32.8. The lowest BCUT2D eigenvalue weighted by molar-refractivity contribution is -0.297. The van der Waals surface area contributed by atoms with Crippen molar-refractivity contribution in [2.24, 2.45) is 0 Å². The number of allylic oxidation sites excluding steroid dienone is 8. The van der Waals surface area contributed by atoms with Crippen LogP contribution in [-0.2, 0) is 38.7 Å². The maximum Gasteiger partial charge on any atom is 0.306 e. The Morgan fingerprint density at radius 2 is 1.19 bits per heavy atom. The molecule has 1 aliphatic rings. The van der Waals surface area contributed by atoms with E-state index >= 15 is 0 Å². The molecule has 1 aliphatic heterocycles. The van der Waals surface area contributed by atoms with Gasteiger partial charge in [-0.15, -0.1) is 0 Å². The molecule has 0 radical (unpaired) electrons. The van der Waals surface area contributed by atoms with Gasteiger partial charge < -0.3 is 34.3 Å². The predicted octanol–water partition coefficient (Wildman–Crippen LogP) is 7.22. The standard InChI is InChI=1S/C41H70O12S/c1-3-5-7-9-11-13-15-17-19-21-23-25-27-29-36(42)50-31-34(32-51-41-40(46)39(45)38(44)35(53-41)33-54(47,48)49)52-37(43)30-28-26-24-22-20-18-16-14-12-10-8-6-4-2/h6,8,10,12,14,16-17,19,34-35,38-41,44-46H,3-5,7,9,11,13,15,18,20-33H2,1-2H3,(H,47,48,49)/b8-6+,12-10+,16-14+,19-17+/t34?,35-,38-,39?,40?,41+/m0/s1. The quantitative estimate of drug-likeness (QED) is 0.0177. The molecule has 0 saturated carbocycles. The van der Waals surface area contributed by atoms with Crippen molar-refractivity contribution in [1.29, 1.82) is 0 Å². The van der Waals surface area contributed by atoms with E-state index < -0.39 is 71.2 Å². The topological polar surface area (TPSA) is 186 Å². The normalized spacial score (nSPS) is 21.5. The molecule has 312 valence electrons. The Kier molecular flexibility index (Phi) is 29.2. The molecule has 0 aliphatic carbocycles. The van der Waals surface area contributed by atoms with Crippen molar-refractivity contribution in [2.45, 2.75) is 179 Å². The summed E-state index contributed by atoms with van der Waals surface area (Å²) in [6.45, 7) is 3.56. The maximum absolute atomic E-state index is 12.7. The second-order valence-electron chi connectivity index (χ2n) is 14.0. The lowest BCUT2D eigenvalue weighted by Crippen LogP contribution is -2.60. The SMILES string of the molecule is CC/C=C/C=C/C=C/CCCCCCCC(=O)OC(COC(=O)CCCCC/C=C/CCCCCCCC)CO[C@@H]1O[C@@H](CS(=O)(=O)O)[C@H](O)C(O)C1O. The summed E-state index contributed by atoms with van der Waals surface area (Å²) in [5.74, 6) is -2.04. The number of unbranched alkanes of at least 4 members (excludes halogenated alkanes) is 14. The highest BCUT2D eigenvalue weighted by molar-refractivity contribution is 7.85. The van der Waals surface area contributed by atoms with Gasteiger partial charge in [-0.1, -0.05) is 120 Å². The van der Waals surface area contributed by atoms with Gasteiger partial charge in [-0.05, 0) is 57.8 Å². The fourth-order valence-electron chi connectivity index (χ4n) is 5.79. The minimum atomic E-state index is -4.60. The van der Waals surface area contributed by atoms with E-state index in [-0.39, 0.29) is 19.4 Å². The summed E-state index contributed by atoms with van der Waals surface area (Å²) in [5, 5.41) is 30.8. The van der Waals surface area contributed by atoms with Crippen molar-refractivity contribution < 1.29 is 56.8 Å². The van der Waals surface area contributed by atoms with Gasteiger partial charge in [0.1, 0.15) is 36.8 Å². The Labute approximate surface area is 324 Å². The maximum atomic E-state index is 12.7. The fraction of sp³-hybridized carbons (Fsp3) is 0.756. The van der Waals surface area contributed by atoms with Crippen molar-refractivity contribution in [1.82, 2.24) is 0 Å². The van der Waals surface area contributed by atoms with Gasteiger partial charge in [-0.2, -0.15) is 8.42 Å². The van der Waals surface area contributed by atoms with E-state index in [2.05, 4.69) is 38.2 Å². The average molecular weight is 787 g/mol. The average Bonchev–Trinajstić information content (AvgIpc) is 3.13. The molecule has 0 spiro atoms. The van der Waals surface area contributed by atoms with E-state index in [1.165, 1.54) is 38.5 Å². The van der Waals surface area contributed by atoms with E-state index in [9.17, 15) is 37.9 Å². The molecule has 1 heterocycles. The van der Waals surface area contributed by atoms with E-state index in [0.717, 1.165) is 64.2 Å². The van der Waals surface area contributed by atoms with Crippen molar-refractivity contribution in [3.05, 3.63) is 48.6 Å². The first-order valence-corrected chi connectivity index (χ1v) is 21.8. The van der Waals surface area contributed by atoms with Gasteiger partial charge in [0.25, 0.3) is 10.1 Å². The van der Waals surface area contributed by atoms with Crippen LogP contribution in [0.4, 0.5) is 0 Å². The zero-order chi connectivity index (χ0) is 39.9.